The lowest BCUT2D eigenvalue weighted by Crippen LogP contribution is -2.13. The van der Waals surface area contributed by atoms with E-state index in [9.17, 15) is 4.79 Å². The van der Waals surface area contributed by atoms with Crippen LogP contribution in [-0.2, 0) is 6.42 Å². The monoisotopic (exact) mass is 219 g/mol. The van der Waals surface area contributed by atoms with Crippen molar-refractivity contribution in [3.63, 3.8) is 0 Å². The van der Waals surface area contributed by atoms with Crippen molar-refractivity contribution in [3.05, 3.63) is 40.2 Å². The highest BCUT2D eigenvalue weighted by atomic mass is 16.5. The number of methoxy groups -OCH3 is 1. The van der Waals surface area contributed by atoms with Gasteiger partial charge in [-0.3, -0.25) is 4.79 Å². The van der Waals surface area contributed by atoms with Crippen LogP contribution in [0.4, 0.5) is 0 Å². The molecule has 0 amide bonds. The maximum Gasteiger partial charge on any atom is 0.251 e. The van der Waals surface area contributed by atoms with Gasteiger partial charge in [0.25, 0.3) is 5.56 Å². The minimum Gasteiger partial charge on any atom is -0.495 e. The Hall–Kier alpha value is -1.81. The van der Waals surface area contributed by atoms with Crippen LogP contribution in [0.2, 0.25) is 0 Å². The molecule has 0 bridgehead atoms. The molecule has 16 heavy (non-hydrogen) atoms. The number of aliphatic hydroxyl groups excluding tert-OH is 1. The van der Waals surface area contributed by atoms with Crippen molar-refractivity contribution in [2.75, 3.05) is 13.7 Å². The van der Waals surface area contributed by atoms with E-state index < -0.39 is 0 Å². The average Bonchev–Trinajstić information content (AvgIpc) is 2.30. The van der Waals surface area contributed by atoms with Crippen molar-refractivity contribution in [1.82, 2.24) is 4.98 Å². The summed E-state index contributed by atoms with van der Waals surface area (Å²) in [6.45, 7) is -0.0292. The lowest BCUT2D eigenvalue weighted by molar-refractivity contribution is 0.299. The van der Waals surface area contributed by atoms with Crippen LogP contribution in [0.25, 0.3) is 10.9 Å². The number of H-pyrrole nitrogens is 1. The van der Waals surface area contributed by atoms with Crippen molar-refractivity contribution in [1.29, 1.82) is 0 Å². The first-order valence-electron chi connectivity index (χ1n) is 5.06. The number of hydrogen-bond donors (Lipinski definition) is 2. The van der Waals surface area contributed by atoms with Crippen LogP contribution in [0.3, 0.4) is 0 Å². The number of pyridine rings is 1. The number of nitrogens with one attached hydrogen (secondary N) is 1. The number of para-hydroxylation sites is 1. The first-order chi connectivity index (χ1) is 7.76. The van der Waals surface area contributed by atoms with E-state index in [0.29, 0.717) is 23.3 Å². The molecule has 2 rings (SSSR count). The molecule has 0 atom stereocenters. The Balaban J connectivity index is 2.68. The predicted molar refractivity (Wildman–Crippen MR) is 61.9 cm³/mol. The van der Waals surface area contributed by atoms with Crippen LogP contribution >= 0.6 is 0 Å². The molecule has 0 fully saturated rings. The molecule has 0 radical (unpaired) electrons. The Morgan fingerprint density at radius 2 is 2.25 bits per heavy atom. The quantitative estimate of drug-likeness (QED) is 0.811. The Kier molecular flexibility index (Phi) is 2.92. The summed E-state index contributed by atoms with van der Waals surface area (Å²) in [5.74, 6) is 0.644. The number of ether oxygens (including phenoxy) is 1. The average molecular weight is 219 g/mol. The van der Waals surface area contributed by atoms with Gasteiger partial charge in [0.05, 0.1) is 12.6 Å². The van der Waals surface area contributed by atoms with Crippen LogP contribution in [0.5, 0.6) is 5.75 Å². The second kappa shape index (κ2) is 4.37. The Bertz CT molecular complexity index is 560. The first kappa shape index (κ1) is 10.7. The number of aromatic amines is 1. The standard InChI is InChI=1S/C12H13NO3/c1-16-10-4-2-3-8-7-9(5-6-14)12(15)13-11(8)10/h2-4,7,14H,5-6H2,1H3,(H,13,15). The molecule has 0 saturated heterocycles. The van der Waals surface area contributed by atoms with E-state index in [2.05, 4.69) is 4.98 Å². The fourth-order valence-electron chi connectivity index (χ4n) is 1.73. The van der Waals surface area contributed by atoms with Crippen molar-refractivity contribution in [2.24, 2.45) is 0 Å². The zero-order chi connectivity index (χ0) is 11.5. The predicted octanol–water partition coefficient (Wildman–Crippen LogP) is 1.07. The second-order valence-electron chi connectivity index (χ2n) is 3.52. The molecule has 1 aromatic carbocycles. The molecular formula is C12H13NO3. The minimum atomic E-state index is -0.175. The highest BCUT2D eigenvalue weighted by Crippen LogP contribution is 2.22. The van der Waals surface area contributed by atoms with Crippen LogP contribution in [0, 0.1) is 0 Å². The van der Waals surface area contributed by atoms with E-state index in [4.69, 9.17) is 9.84 Å². The fourth-order valence-corrected chi connectivity index (χ4v) is 1.73. The van der Waals surface area contributed by atoms with Crippen molar-refractivity contribution in [3.8, 4) is 5.75 Å². The molecule has 0 aliphatic rings. The topological polar surface area (TPSA) is 62.3 Å². The molecule has 4 heteroatoms. The molecule has 0 saturated carbocycles. The number of fused-ring (bicyclic) bond motifs is 1. The second-order valence-corrected chi connectivity index (χ2v) is 3.52. The van der Waals surface area contributed by atoms with Gasteiger partial charge in [0, 0.05) is 24.0 Å². The van der Waals surface area contributed by atoms with Gasteiger partial charge in [-0.25, -0.2) is 0 Å². The lowest BCUT2D eigenvalue weighted by atomic mass is 10.1. The smallest absolute Gasteiger partial charge is 0.251 e. The molecule has 2 N–H and O–H groups in total. The van der Waals surface area contributed by atoms with Gasteiger partial charge in [0.2, 0.25) is 0 Å². The Morgan fingerprint density at radius 1 is 1.44 bits per heavy atom. The molecule has 4 nitrogen and oxygen atoms in total. The van der Waals surface area contributed by atoms with Crippen LogP contribution in [0.1, 0.15) is 5.56 Å². The molecule has 84 valence electrons. The molecular weight excluding hydrogens is 206 g/mol. The zero-order valence-corrected chi connectivity index (χ0v) is 8.99. The third-order valence-electron chi connectivity index (χ3n) is 2.52. The summed E-state index contributed by atoms with van der Waals surface area (Å²) in [7, 11) is 1.56. The van der Waals surface area contributed by atoms with Gasteiger partial charge >= 0.3 is 0 Å². The van der Waals surface area contributed by atoms with Gasteiger partial charge in [-0.1, -0.05) is 12.1 Å². The summed E-state index contributed by atoms with van der Waals surface area (Å²) in [5, 5.41) is 9.74. The molecule has 0 spiro atoms. The number of hydrogen-bond acceptors (Lipinski definition) is 3. The summed E-state index contributed by atoms with van der Waals surface area (Å²) in [6, 6.07) is 7.34. The van der Waals surface area contributed by atoms with Crippen LogP contribution in [-0.4, -0.2) is 23.8 Å². The van der Waals surface area contributed by atoms with Gasteiger partial charge in [0.15, 0.2) is 0 Å². The zero-order valence-electron chi connectivity index (χ0n) is 8.99. The maximum atomic E-state index is 11.7. The van der Waals surface area contributed by atoms with Gasteiger partial charge in [0.1, 0.15) is 5.75 Å². The van der Waals surface area contributed by atoms with E-state index in [-0.39, 0.29) is 12.2 Å². The van der Waals surface area contributed by atoms with E-state index in [1.165, 1.54) is 0 Å². The molecule has 2 aromatic rings. The number of benzene rings is 1. The number of aliphatic hydroxyl groups is 1. The van der Waals surface area contributed by atoms with Crippen molar-refractivity contribution < 1.29 is 9.84 Å². The summed E-state index contributed by atoms with van der Waals surface area (Å²) in [5.41, 5.74) is 1.10. The third kappa shape index (κ3) is 1.79. The summed E-state index contributed by atoms with van der Waals surface area (Å²) < 4.78 is 5.16. The Labute approximate surface area is 92.5 Å². The molecule has 1 heterocycles. The Morgan fingerprint density at radius 3 is 2.94 bits per heavy atom. The van der Waals surface area contributed by atoms with Crippen molar-refractivity contribution >= 4 is 10.9 Å². The molecule has 1 aromatic heterocycles. The summed E-state index contributed by atoms with van der Waals surface area (Å²) in [4.78, 5) is 14.4. The van der Waals surface area contributed by atoms with E-state index in [1.807, 2.05) is 12.1 Å². The van der Waals surface area contributed by atoms with Gasteiger partial charge in [-0.05, 0) is 12.1 Å². The normalized spacial score (nSPS) is 10.6. The largest absolute Gasteiger partial charge is 0.495 e. The fraction of sp³-hybridized carbons (Fsp3) is 0.250. The van der Waals surface area contributed by atoms with E-state index in [1.54, 1.807) is 19.2 Å². The molecule has 0 aliphatic carbocycles. The van der Waals surface area contributed by atoms with Crippen molar-refractivity contribution in [2.45, 2.75) is 6.42 Å². The van der Waals surface area contributed by atoms with Crippen LogP contribution in [0.15, 0.2) is 29.1 Å². The number of aromatic nitrogens is 1. The lowest BCUT2D eigenvalue weighted by Gasteiger charge is -2.06. The third-order valence-corrected chi connectivity index (χ3v) is 2.52. The van der Waals surface area contributed by atoms with Gasteiger partial charge in [-0.15, -0.1) is 0 Å². The molecule has 0 unspecified atom stereocenters. The van der Waals surface area contributed by atoms with Gasteiger partial charge < -0.3 is 14.8 Å². The SMILES string of the molecule is COc1cccc2cc(CCO)c(=O)[nH]c12. The highest BCUT2D eigenvalue weighted by molar-refractivity contribution is 5.84. The first-order valence-corrected chi connectivity index (χ1v) is 5.06. The summed E-state index contributed by atoms with van der Waals surface area (Å²) in [6.07, 6.45) is 0.364. The van der Waals surface area contributed by atoms with Crippen LogP contribution < -0.4 is 10.3 Å². The van der Waals surface area contributed by atoms with Gasteiger partial charge in [-0.2, -0.15) is 0 Å². The van der Waals surface area contributed by atoms with E-state index >= 15 is 0 Å². The van der Waals surface area contributed by atoms with E-state index in [0.717, 1.165) is 5.39 Å². The summed E-state index contributed by atoms with van der Waals surface area (Å²) >= 11 is 0. The minimum absolute atomic E-state index is 0.0292. The highest BCUT2D eigenvalue weighted by Gasteiger charge is 2.05. The molecule has 0 aliphatic heterocycles. The maximum absolute atomic E-state index is 11.7. The number of rotatable bonds is 3.